The van der Waals surface area contributed by atoms with E-state index in [4.69, 9.17) is 6.57 Å². The van der Waals surface area contributed by atoms with E-state index in [1.807, 2.05) is 19.9 Å². The first-order valence-electron chi connectivity index (χ1n) is 7.90. The number of Topliss-reactive ketones (excluding diaryl/α,β-unsaturated/α-hetero) is 1. The maximum Gasteiger partial charge on any atom is 0.226 e. The summed E-state index contributed by atoms with van der Waals surface area (Å²) < 4.78 is 0. The second kappa shape index (κ2) is 4.41. The fourth-order valence-electron chi connectivity index (χ4n) is 4.97. The lowest BCUT2D eigenvalue weighted by molar-refractivity contribution is -0.130. The molecule has 3 aliphatic rings. The summed E-state index contributed by atoms with van der Waals surface area (Å²) in [6, 6.07) is 0. The third-order valence-electron chi connectivity index (χ3n) is 6.18. The molecule has 3 atom stereocenters. The van der Waals surface area contributed by atoms with Gasteiger partial charge in [0.1, 0.15) is 0 Å². The minimum atomic E-state index is -0.563. The molecule has 115 valence electrons. The van der Waals surface area contributed by atoms with E-state index in [1.54, 1.807) is 6.08 Å². The summed E-state index contributed by atoms with van der Waals surface area (Å²) in [5.41, 5.74) is 0.267. The van der Waals surface area contributed by atoms with Crippen LogP contribution < -0.4 is 0 Å². The van der Waals surface area contributed by atoms with Gasteiger partial charge in [-0.05, 0) is 36.7 Å². The van der Waals surface area contributed by atoms with E-state index < -0.39 is 10.8 Å². The summed E-state index contributed by atoms with van der Waals surface area (Å²) in [5.74, 6) is 0.207. The molecular formula is C19H22NO2. The minimum Gasteiger partial charge on any atom is -0.307 e. The number of allylic oxidation sites excluding steroid dienone is 4. The summed E-state index contributed by atoms with van der Waals surface area (Å²) in [7, 11) is 0. The van der Waals surface area contributed by atoms with E-state index in [0.29, 0.717) is 6.42 Å². The molecular weight excluding hydrogens is 274 g/mol. The van der Waals surface area contributed by atoms with Crippen LogP contribution in [0.1, 0.15) is 47.0 Å². The molecule has 0 aromatic rings. The van der Waals surface area contributed by atoms with Crippen LogP contribution in [0, 0.1) is 35.2 Å². The van der Waals surface area contributed by atoms with Gasteiger partial charge in [0.15, 0.2) is 11.6 Å². The zero-order valence-electron chi connectivity index (χ0n) is 13.7. The summed E-state index contributed by atoms with van der Waals surface area (Å²) in [4.78, 5) is 28.1. The molecule has 1 fully saturated rings. The van der Waals surface area contributed by atoms with E-state index >= 15 is 0 Å². The van der Waals surface area contributed by atoms with Crippen molar-refractivity contribution < 1.29 is 9.59 Å². The Kier molecular flexibility index (Phi) is 3.05. The first-order valence-corrected chi connectivity index (χ1v) is 7.90. The number of rotatable bonds is 0. The van der Waals surface area contributed by atoms with Crippen molar-refractivity contribution in [2.75, 3.05) is 0 Å². The van der Waals surface area contributed by atoms with Gasteiger partial charge in [-0.3, -0.25) is 4.79 Å². The molecule has 0 bridgehead atoms. The predicted molar refractivity (Wildman–Crippen MR) is 84.4 cm³/mol. The number of carbonyl (C=O) groups excluding carboxylic acids is 2. The van der Waals surface area contributed by atoms with Gasteiger partial charge >= 0.3 is 0 Å². The maximum atomic E-state index is 12.6. The van der Waals surface area contributed by atoms with Gasteiger partial charge in [0, 0.05) is 17.3 Å². The third kappa shape index (κ3) is 1.79. The van der Waals surface area contributed by atoms with Gasteiger partial charge in [-0.2, -0.15) is 0 Å². The molecule has 3 nitrogen and oxygen atoms in total. The van der Waals surface area contributed by atoms with E-state index in [2.05, 4.69) is 25.1 Å². The SMILES string of the molecule is [C-]#[N+]C1=C[C@]2(C)C3=CC(=O)C[CH][C@]3(C)CC[C@H]2C(C)(C)C1=O. The van der Waals surface area contributed by atoms with Crippen molar-refractivity contribution in [3.8, 4) is 0 Å². The van der Waals surface area contributed by atoms with Crippen LogP contribution >= 0.6 is 0 Å². The number of fused-ring (bicyclic) bond motifs is 3. The fourth-order valence-corrected chi connectivity index (χ4v) is 4.97. The maximum absolute atomic E-state index is 12.6. The zero-order valence-corrected chi connectivity index (χ0v) is 13.7. The van der Waals surface area contributed by atoms with Crippen LogP contribution in [0.25, 0.3) is 4.85 Å². The molecule has 1 saturated carbocycles. The average molecular weight is 296 g/mol. The summed E-state index contributed by atoms with van der Waals surface area (Å²) in [6.45, 7) is 15.5. The van der Waals surface area contributed by atoms with Crippen LogP contribution in [0.3, 0.4) is 0 Å². The van der Waals surface area contributed by atoms with E-state index in [9.17, 15) is 9.59 Å². The number of ketones is 2. The number of nitrogens with zero attached hydrogens (tertiary/aromatic N) is 1. The van der Waals surface area contributed by atoms with Gasteiger partial charge in [0.05, 0.1) is 6.57 Å². The lowest BCUT2D eigenvalue weighted by atomic mass is 9.45. The monoisotopic (exact) mass is 296 g/mol. The summed E-state index contributed by atoms with van der Waals surface area (Å²) in [5, 5.41) is 0. The Balaban J connectivity index is 2.25. The Morgan fingerprint density at radius 2 is 1.91 bits per heavy atom. The normalized spacial score (nSPS) is 40.0. The zero-order chi connectivity index (χ0) is 16.3. The largest absolute Gasteiger partial charge is 0.307 e. The molecule has 3 heteroatoms. The summed E-state index contributed by atoms with van der Waals surface area (Å²) in [6.07, 6.45) is 8.15. The van der Waals surface area contributed by atoms with Crippen molar-refractivity contribution in [3.05, 3.63) is 41.3 Å². The molecule has 0 aliphatic heterocycles. The molecule has 0 aromatic carbocycles. The van der Waals surface area contributed by atoms with Crippen molar-refractivity contribution in [1.29, 1.82) is 0 Å². The minimum absolute atomic E-state index is 0.0553. The highest BCUT2D eigenvalue weighted by molar-refractivity contribution is 6.03. The average Bonchev–Trinajstić information content (AvgIpc) is 2.45. The Bertz CT molecular complexity index is 676. The van der Waals surface area contributed by atoms with Crippen LogP contribution in [0.5, 0.6) is 0 Å². The number of carbonyl (C=O) groups is 2. The van der Waals surface area contributed by atoms with Gasteiger partial charge in [-0.1, -0.05) is 39.3 Å². The molecule has 0 N–H and O–H groups in total. The molecule has 1 radical (unpaired) electrons. The highest BCUT2D eigenvalue weighted by Gasteiger charge is 2.58. The lowest BCUT2D eigenvalue weighted by Crippen LogP contribution is -2.53. The second-order valence-electron chi connectivity index (χ2n) is 7.92. The highest BCUT2D eigenvalue weighted by atomic mass is 16.1. The van der Waals surface area contributed by atoms with Gasteiger partial charge in [0.25, 0.3) is 0 Å². The van der Waals surface area contributed by atoms with Crippen LogP contribution in [0.4, 0.5) is 0 Å². The van der Waals surface area contributed by atoms with Crippen molar-refractivity contribution in [1.82, 2.24) is 0 Å². The lowest BCUT2D eigenvalue weighted by Gasteiger charge is -2.58. The van der Waals surface area contributed by atoms with E-state index in [0.717, 1.165) is 18.4 Å². The van der Waals surface area contributed by atoms with Gasteiger partial charge in [-0.25, -0.2) is 4.85 Å². The molecule has 0 spiro atoms. The molecule has 0 saturated heterocycles. The summed E-state index contributed by atoms with van der Waals surface area (Å²) >= 11 is 0. The first-order chi connectivity index (χ1) is 10.1. The first kappa shape index (κ1) is 15.2. The van der Waals surface area contributed by atoms with Crippen molar-refractivity contribution in [2.24, 2.45) is 22.2 Å². The van der Waals surface area contributed by atoms with Crippen LogP contribution in [-0.2, 0) is 9.59 Å². The molecule has 0 amide bonds. The quantitative estimate of drug-likeness (QED) is 0.635. The van der Waals surface area contributed by atoms with Crippen molar-refractivity contribution >= 4 is 11.6 Å². The van der Waals surface area contributed by atoms with Crippen LogP contribution in [-0.4, -0.2) is 11.6 Å². The second-order valence-corrected chi connectivity index (χ2v) is 7.92. The fraction of sp³-hybridized carbons (Fsp3) is 0.579. The molecule has 3 aliphatic carbocycles. The standard InChI is InChI=1S/C19H22NO2/c1-17(2)14-7-9-18(3)8-6-12(21)10-15(18)19(14,4)11-13(20-5)16(17)22/h8,10-11,14H,6-7,9H2,1-4H3/t14-,18+,19-/m0/s1. The van der Waals surface area contributed by atoms with Gasteiger partial charge in [-0.15, -0.1) is 0 Å². The Labute approximate surface area is 132 Å². The smallest absolute Gasteiger partial charge is 0.226 e. The molecule has 3 rings (SSSR count). The Morgan fingerprint density at radius 1 is 1.23 bits per heavy atom. The highest BCUT2D eigenvalue weighted by Crippen LogP contribution is 2.63. The topological polar surface area (TPSA) is 38.5 Å². The molecule has 22 heavy (non-hydrogen) atoms. The molecule has 0 heterocycles. The van der Waals surface area contributed by atoms with E-state index in [-0.39, 0.29) is 28.6 Å². The van der Waals surface area contributed by atoms with Gasteiger partial charge < -0.3 is 4.79 Å². The van der Waals surface area contributed by atoms with Crippen LogP contribution in [0.15, 0.2) is 23.4 Å². The predicted octanol–water partition coefficient (Wildman–Crippen LogP) is 3.92. The Hall–Kier alpha value is -1.69. The van der Waals surface area contributed by atoms with Crippen molar-refractivity contribution in [3.63, 3.8) is 0 Å². The van der Waals surface area contributed by atoms with Gasteiger partial charge in [0.2, 0.25) is 5.70 Å². The third-order valence-corrected chi connectivity index (χ3v) is 6.18. The molecule has 0 unspecified atom stereocenters. The van der Waals surface area contributed by atoms with Crippen molar-refractivity contribution in [2.45, 2.75) is 47.0 Å². The Morgan fingerprint density at radius 3 is 2.55 bits per heavy atom. The van der Waals surface area contributed by atoms with Crippen LogP contribution in [0.2, 0.25) is 0 Å². The number of hydrogen-bond acceptors (Lipinski definition) is 2. The molecule has 0 aromatic heterocycles. The number of hydrogen-bond donors (Lipinski definition) is 0. The van der Waals surface area contributed by atoms with E-state index in [1.165, 1.54) is 0 Å².